The van der Waals surface area contributed by atoms with Gasteiger partial charge >= 0.3 is 0 Å². The molecule has 7 heteroatoms. The van der Waals surface area contributed by atoms with Gasteiger partial charge in [-0.1, -0.05) is 13.8 Å². The number of hydrogen-bond acceptors (Lipinski definition) is 4. The standard InChI is InChI=1S/C13H22N2O4S/c1-8(2)10-11(16)14-13(3,4)12(17)15(10)9-5-6-20(18,19)7-9/h8-10H,5-7H2,1-4H3,(H,14,16). The van der Waals surface area contributed by atoms with Gasteiger partial charge in [0, 0.05) is 6.04 Å². The van der Waals surface area contributed by atoms with Crippen molar-refractivity contribution in [2.75, 3.05) is 11.5 Å². The average Bonchev–Trinajstić information content (AvgIpc) is 2.62. The predicted molar refractivity (Wildman–Crippen MR) is 74.8 cm³/mol. The highest BCUT2D eigenvalue weighted by atomic mass is 32.2. The van der Waals surface area contributed by atoms with Gasteiger partial charge in [0.2, 0.25) is 11.8 Å². The first-order chi connectivity index (χ1) is 9.05. The first-order valence-corrected chi connectivity index (χ1v) is 8.72. The molecular formula is C13H22N2O4S. The van der Waals surface area contributed by atoms with Gasteiger partial charge in [-0.3, -0.25) is 9.59 Å². The molecule has 2 aliphatic rings. The van der Waals surface area contributed by atoms with Crippen LogP contribution in [0.3, 0.4) is 0 Å². The third-order valence-corrected chi connectivity index (χ3v) is 5.76. The summed E-state index contributed by atoms with van der Waals surface area (Å²) in [6, 6.07) is -0.973. The van der Waals surface area contributed by atoms with Crippen LogP contribution in [-0.4, -0.2) is 54.3 Å². The molecule has 2 fully saturated rings. The number of sulfone groups is 1. The average molecular weight is 302 g/mol. The van der Waals surface area contributed by atoms with Gasteiger partial charge in [-0.15, -0.1) is 0 Å². The maximum Gasteiger partial charge on any atom is 0.248 e. The molecule has 0 radical (unpaired) electrons. The molecule has 2 atom stereocenters. The number of nitrogens with zero attached hydrogens (tertiary/aromatic N) is 1. The summed E-state index contributed by atoms with van der Waals surface area (Å²) >= 11 is 0. The highest BCUT2D eigenvalue weighted by molar-refractivity contribution is 7.91. The van der Waals surface area contributed by atoms with E-state index >= 15 is 0 Å². The maximum absolute atomic E-state index is 12.6. The van der Waals surface area contributed by atoms with Gasteiger partial charge in [-0.2, -0.15) is 0 Å². The summed E-state index contributed by atoms with van der Waals surface area (Å²) in [5.74, 6) is -0.398. The summed E-state index contributed by atoms with van der Waals surface area (Å²) in [7, 11) is -3.10. The lowest BCUT2D eigenvalue weighted by molar-refractivity contribution is -0.157. The molecule has 6 nitrogen and oxygen atoms in total. The fraction of sp³-hybridized carbons (Fsp3) is 0.846. The topological polar surface area (TPSA) is 83.6 Å². The van der Waals surface area contributed by atoms with Gasteiger partial charge in [0.25, 0.3) is 0 Å². The Morgan fingerprint density at radius 2 is 1.90 bits per heavy atom. The first kappa shape index (κ1) is 15.3. The van der Waals surface area contributed by atoms with Crippen molar-refractivity contribution in [2.24, 2.45) is 5.92 Å². The van der Waals surface area contributed by atoms with Crippen LogP contribution in [0.2, 0.25) is 0 Å². The van der Waals surface area contributed by atoms with Crippen molar-refractivity contribution in [1.82, 2.24) is 10.2 Å². The minimum atomic E-state index is -3.10. The molecule has 2 unspecified atom stereocenters. The zero-order valence-corrected chi connectivity index (χ0v) is 13.2. The molecule has 2 rings (SSSR count). The Morgan fingerprint density at radius 3 is 2.35 bits per heavy atom. The second-order valence-electron chi connectivity index (χ2n) is 6.57. The van der Waals surface area contributed by atoms with E-state index in [1.807, 2.05) is 13.8 Å². The van der Waals surface area contributed by atoms with E-state index in [0.29, 0.717) is 6.42 Å². The van der Waals surface area contributed by atoms with E-state index in [-0.39, 0.29) is 35.3 Å². The molecule has 0 bridgehead atoms. The Labute approximate surface area is 119 Å². The molecule has 2 saturated heterocycles. The van der Waals surface area contributed by atoms with Crippen molar-refractivity contribution in [3.8, 4) is 0 Å². The summed E-state index contributed by atoms with van der Waals surface area (Å²) in [5.41, 5.74) is -0.977. The first-order valence-electron chi connectivity index (χ1n) is 6.90. The van der Waals surface area contributed by atoms with Crippen LogP contribution in [0.25, 0.3) is 0 Å². The van der Waals surface area contributed by atoms with Gasteiger partial charge < -0.3 is 10.2 Å². The van der Waals surface area contributed by atoms with E-state index in [4.69, 9.17) is 0 Å². The van der Waals surface area contributed by atoms with Crippen LogP contribution in [0.1, 0.15) is 34.1 Å². The number of carbonyl (C=O) groups excluding carboxylic acids is 2. The molecule has 2 aliphatic heterocycles. The molecule has 0 saturated carbocycles. The number of amides is 2. The largest absolute Gasteiger partial charge is 0.340 e. The third kappa shape index (κ3) is 2.55. The van der Waals surface area contributed by atoms with Crippen LogP contribution >= 0.6 is 0 Å². The van der Waals surface area contributed by atoms with Gasteiger partial charge in [-0.05, 0) is 26.2 Å². The van der Waals surface area contributed by atoms with Crippen LogP contribution in [0.4, 0.5) is 0 Å². The van der Waals surface area contributed by atoms with Crippen molar-refractivity contribution in [2.45, 2.75) is 51.7 Å². The molecule has 114 valence electrons. The summed E-state index contributed by atoms with van der Waals surface area (Å²) < 4.78 is 23.3. The quantitative estimate of drug-likeness (QED) is 0.774. The van der Waals surface area contributed by atoms with Crippen molar-refractivity contribution < 1.29 is 18.0 Å². The minimum Gasteiger partial charge on any atom is -0.340 e. The second kappa shape index (κ2) is 4.72. The molecule has 0 spiro atoms. The van der Waals surface area contributed by atoms with Crippen LogP contribution in [-0.2, 0) is 19.4 Å². The lowest BCUT2D eigenvalue weighted by Crippen LogP contribution is -2.71. The Morgan fingerprint density at radius 1 is 1.30 bits per heavy atom. The zero-order valence-electron chi connectivity index (χ0n) is 12.3. The SMILES string of the molecule is CC(C)C1C(=O)NC(C)(C)C(=O)N1C1CCS(=O)(=O)C1. The minimum absolute atomic E-state index is 0.0364. The van der Waals surface area contributed by atoms with Crippen LogP contribution in [0.15, 0.2) is 0 Å². The lowest BCUT2D eigenvalue weighted by atomic mass is 9.90. The van der Waals surface area contributed by atoms with Gasteiger partial charge in [-0.25, -0.2) is 8.42 Å². The van der Waals surface area contributed by atoms with Crippen molar-refractivity contribution in [1.29, 1.82) is 0 Å². The van der Waals surface area contributed by atoms with Crippen LogP contribution in [0.5, 0.6) is 0 Å². The smallest absolute Gasteiger partial charge is 0.248 e. The van der Waals surface area contributed by atoms with Crippen LogP contribution in [0, 0.1) is 5.92 Å². The summed E-state index contributed by atoms with van der Waals surface area (Å²) in [4.78, 5) is 26.4. The molecule has 2 amide bonds. The molecule has 2 heterocycles. The van der Waals surface area contributed by atoms with Gasteiger partial charge in [0.1, 0.15) is 11.6 Å². The Balaban J connectivity index is 2.38. The van der Waals surface area contributed by atoms with E-state index in [9.17, 15) is 18.0 Å². The third-order valence-electron chi connectivity index (χ3n) is 4.01. The predicted octanol–water partition coefficient (Wildman–Crippen LogP) is -0.0649. The molecule has 1 N–H and O–H groups in total. The fourth-order valence-corrected chi connectivity index (χ4v) is 4.73. The van der Waals surface area contributed by atoms with E-state index in [2.05, 4.69) is 5.32 Å². The number of carbonyl (C=O) groups is 2. The zero-order chi connectivity index (χ0) is 15.3. The summed E-state index contributed by atoms with van der Waals surface area (Å²) in [6.45, 7) is 7.04. The Hall–Kier alpha value is -1.11. The van der Waals surface area contributed by atoms with Gasteiger partial charge in [0.05, 0.1) is 11.5 Å². The number of rotatable bonds is 2. The van der Waals surface area contributed by atoms with E-state index < -0.39 is 21.4 Å². The molecule has 20 heavy (non-hydrogen) atoms. The number of nitrogens with one attached hydrogen (secondary N) is 1. The highest BCUT2D eigenvalue weighted by Gasteiger charge is 2.50. The van der Waals surface area contributed by atoms with E-state index in [1.165, 1.54) is 4.90 Å². The van der Waals surface area contributed by atoms with Crippen LogP contribution < -0.4 is 5.32 Å². The van der Waals surface area contributed by atoms with E-state index in [1.54, 1.807) is 13.8 Å². The van der Waals surface area contributed by atoms with Crippen molar-refractivity contribution >= 4 is 21.7 Å². The molecule has 0 aliphatic carbocycles. The summed E-state index contributed by atoms with van der Waals surface area (Å²) in [6.07, 6.45) is 0.417. The normalized spacial score (nSPS) is 32.5. The molecule has 0 aromatic rings. The number of hydrogen-bond donors (Lipinski definition) is 1. The van der Waals surface area contributed by atoms with Gasteiger partial charge in [0.15, 0.2) is 9.84 Å². The fourth-order valence-electron chi connectivity index (χ4n) is 3.02. The highest BCUT2D eigenvalue weighted by Crippen LogP contribution is 2.29. The van der Waals surface area contributed by atoms with Crippen molar-refractivity contribution in [3.63, 3.8) is 0 Å². The monoisotopic (exact) mass is 302 g/mol. The molecule has 0 aromatic heterocycles. The van der Waals surface area contributed by atoms with Crippen molar-refractivity contribution in [3.05, 3.63) is 0 Å². The number of piperazine rings is 1. The lowest BCUT2D eigenvalue weighted by Gasteiger charge is -2.46. The summed E-state index contributed by atoms with van der Waals surface area (Å²) in [5, 5.41) is 2.73. The van der Waals surface area contributed by atoms with E-state index in [0.717, 1.165) is 0 Å². The Kier molecular flexibility index (Phi) is 3.60. The maximum atomic E-state index is 12.6. The molecule has 0 aromatic carbocycles. The molecular weight excluding hydrogens is 280 g/mol. The second-order valence-corrected chi connectivity index (χ2v) is 8.80. The Bertz CT molecular complexity index is 539.